The van der Waals surface area contributed by atoms with E-state index in [9.17, 15) is 9.59 Å². The first-order valence-corrected chi connectivity index (χ1v) is 5.90. The molecule has 0 bridgehead atoms. The number of ether oxygens (including phenoxy) is 1. The topological polar surface area (TPSA) is 81.4 Å². The van der Waals surface area contributed by atoms with Gasteiger partial charge in [0.15, 0.2) is 0 Å². The molecule has 1 aliphatic carbocycles. The Bertz CT molecular complexity index is 441. The number of esters is 1. The molecule has 1 saturated carbocycles. The van der Waals surface area contributed by atoms with E-state index in [2.05, 4.69) is 5.32 Å². The summed E-state index contributed by atoms with van der Waals surface area (Å²) in [5.41, 5.74) is 5.26. The minimum atomic E-state index is -0.527. The average molecular weight is 248 g/mol. The summed E-state index contributed by atoms with van der Waals surface area (Å²) in [7, 11) is 0. The van der Waals surface area contributed by atoms with Gasteiger partial charge in [0.2, 0.25) is 0 Å². The maximum Gasteiger partial charge on any atom is 0.320 e. The third kappa shape index (κ3) is 3.07. The van der Waals surface area contributed by atoms with Crippen LogP contribution in [-0.4, -0.2) is 30.6 Å². The molecule has 1 fully saturated rings. The standard InChI is InChI=1S/C13H16N2O3/c14-8-11(16)18-13(6-7-13)9-15-12(17)10-4-2-1-3-5-10/h1-5H,6-9,14H2,(H,15,17). The molecule has 0 aromatic heterocycles. The first-order chi connectivity index (χ1) is 8.65. The van der Waals surface area contributed by atoms with Crippen molar-refractivity contribution < 1.29 is 14.3 Å². The lowest BCUT2D eigenvalue weighted by atomic mass is 10.2. The maximum absolute atomic E-state index is 11.8. The van der Waals surface area contributed by atoms with Crippen LogP contribution in [0.25, 0.3) is 0 Å². The molecule has 0 atom stereocenters. The van der Waals surface area contributed by atoms with Crippen molar-refractivity contribution in [1.82, 2.24) is 5.32 Å². The highest BCUT2D eigenvalue weighted by atomic mass is 16.6. The molecule has 5 heteroatoms. The minimum absolute atomic E-state index is 0.131. The Balaban J connectivity index is 1.85. The number of carbonyl (C=O) groups is 2. The molecule has 0 aliphatic heterocycles. The fourth-order valence-corrected chi connectivity index (χ4v) is 1.67. The minimum Gasteiger partial charge on any atom is -0.456 e. The maximum atomic E-state index is 11.8. The van der Waals surface area contributed by atoms with Crippen LogP contribution < -0.4 is 11.1 Å². The summed E-state index contributed by atoms with van der Waals surface area (Å²) in [6, 6.07) is 8.93. The Morgan fingerprint density at radius 1 is 1.28 bits per heavy atom. The summed E-state index contributed by atoms with van der Waals surface area (Å²) >= 11 is 0. The molecule has 1 aromatic rings. The van der Waals surface area contributed by atoms with Crippen LogP contribution in [-0.2, 0) is 9.53 Å². The number of amides is 1. The molecule has 1 aromatic carbocycles. The van der Waals surface area contributed by atoms with Gasteiger partial charge in [0.1, 0.15) is 5.60 Å². The highest BCUT2D eigenvalue weighted by molar-refractivity contribution is 5.94. The van der Waals surface area contributed by atoms with Gasteiger partial charge >= 0.3 is 5.97 Å². The van der Waals surface area contributed by atoms with Crippen LogP contribution in [0.1, 0.15) is 23.2 Å². The summed E-state index contributed by atoms with van der Waals surface area (Å²) in [6.07, 6.45) is 1.54. The second-order valence-electron chi connectivity index (χ2n) is 4.41. The molecule has 96 valence electrons. The van der Waals surface area contributed by atoms with E-state index in [0.717, 1.165) is 12.8 Å². The quantitative estimate of drug-likeness (QED) is 0.741. The van der Waals surface area contributed by atoms with Crippen molar-refractivity contribution in [3.63, 3.8) is 0 Å². The van der Waals surface area contributed by atoms with Crippen LogP contribution in [0.15, 0.2) is 30.3 Å². The van der Waals surface area contributed by atoms with E-state index in [4.69, 9.17) is 10.5 Å². The van der Waals surface area contributed by atoms with E-state index in [1.54, 1.807) is 24.3 Å². The number of nitrogens with one attached hydrogen (secondary N) is 1. The van der Waals surface area contributed by atoms with E-state index in [-0.39, 0.29) is 12.5 Å². The van der Waals surface area contributed by atoms with Crippen molar-refractivity contribution in [2.75, 3.05) is 13.1 Å². The van der Waals surface area contributed by atoms with Gasteiger partial charge in [0.25, 0.3) is 5.91 Å². The second kappa shape index (κ2) is 5.18. The van der Waals surface area contributed by atoms with Crippen molar-refractivity contribution >= 4 is 11.9 Å². The second-order valence-corrected chi connectivity index (χ2v) is 4.41. The lowest BCUT2D eigenvalue weighted by molar-refractivity contribution is -0.149. The molecular formula is C13H16N2O3. The lowest BCUT2D eigenvalue weighted by Gasteiger charge is -2.16. The van der Waals surface area contributed by atoms with Gasteiger partial charge in [-0.2, -0.15) is 0 Å². The summed E-state index contributed by atoms with van der Waals surface area (Å²) in [5.74, 6) is -0.591. The van der Waals surface area contributed by atoms with E-state index < -0.39 is 11.6 Å². The Kier molecular flexibility index (Phi) is 3.62. The van der Waals surface area contributed by atoms with Gasteiger partial charge in [0, 0.05) is 5.56 Å². The summed E-state index contributed by atoms with van der Waals surface area (Å²) in [5, 5.41) is 2.77. The van der Waals surface area contributed by atoms with E-state index in [1.165, 1.54) is 0 Å². The lowest BCUT2D eigenvalue weighted by Crippen LogP contribution is -2.37. The van der Waals surface area contributed by atoms with Gasteiger partial charge in [-0.25, -0.2) is 0 Å². The number of benzene rings is 1. The molecule has 1 amide bonds. The van der Waals surface area contributed by atoms with Crippen LogP contribution in [0.2, 0.25) is 0 Å². The molecule has 0 spiro atoms. The zero-order valence-electron chi connectivity index (χ0n) is 10.0. The van der Waals surface area contributed by atoms with Crippen LogP contribution in [0, 0.1) is 0 Å². The van der Waals surface area contributed by atoms with Crippen LogP contribution in [0.3, 0.4) is 0 Å². The van der Waals surface area contributed by atoms with Gasteiger partial charge in [-0.1, -0.05) is 18.2 Å². The highest BCUT2D eigenvalue weighted by Crippen LogP contribution is 2.38. The Labute approximate surface area is 105 Å². The molecule has 5 nitrogen and oxygen atoms in total. The van der Waals surface area contributed by atoms with Crippen LogP contribution in [0.5, 0.6) is 0 Å². The Morgan fingerprint density at radius 2 is 1.94 bits per heavy atom. The fraction of sp³-hybridized carbons (Fsp3) is 0.385. The molecule has 0 heterocycles. The number of hydrogen-bond donors (Lipinski definition) is 2. The third-order valence-corrected chi connectivity index (χ3v) is 2.91. The Hall–Kier alpha value is -1.88. The van der Waals surface area contributed by atoms with Gasteiger partial charge in [-0.15, -0.1) is 0 Å². The first-order valence-electron chi connectivity index (χ1n) is 5.90. The fourth-order valence-electron chi connectivity index (χ4n) is 1.67. The molecular weight excluding hydrogens is 232 g/mol. The van der Waals surface area contributed by atoms with Crippen molar-refractivity contribution in [2.24, 2.45) is 5.73 Å². The molecule has 0 radical (unpaired) electrons. The van der Waals surface area contributed by atoms with Gasteiger partial charge in [-0.05, 0) is 25.0 Å². The molecule has 0 unspecified atom stereocenters. The zero-order chi connectivity index (χ0) is 13.0. The van der Waals surface area contributed by atoms with E-state index >= 15 is 0 Å². The van der Waals surface area contributed by atoms with Crippen molar-refractivity contribution in [3.05, 3.63) is 35.9 Å². The van der Waals surface area contributed by atoms with E-state index in [1.807, 2.05) is 6.07 Å². The third-order valence-electron chi connectivity index (χ3n) is 2.91. The highest BCUT2D eigenvalue weighted by Gasteiger charge is 2.46. The molecule has 1 aliphatic rings. The normalized spacial score (nSPS) is 15.8. The molecule has 3 N–H and O–H groups in total. The monoisotopic (exact) mass is 248 g/mol. The smallest absolute Gasteiger partial charge is 0.320 e. The number of nitrogens with two attached hydrogens (primary N) is 1. The molecule has 18 heavy (non-hydrogen) atoms. The van der Waals surface area contributed by atoms with Crippen LogP contribution in [0.4, 0.5) is 0 Å². The van der Waals surface area contributed by atoms with Crippen molar-refractivity contribution in [2.45, 2.75) is 18.4 Å². The average Bonchev–Trinajstić information content (AvgIpc) is 3.17. The van der Waals surface area contributed by atoms with Gasteiger partial charge in [-0.3, -0.25) is 9.59 Å². The van der Waals surface area contributed by atoms with Crippen molar-refractivity contribution in [3.8, 4) is 0 Å². The van der Waals surface area contributed by atoms with Gasteiger partial charge < -0.3 is 15.8 Å². The van der Waals surface area contributed by atoms with Crippen LogP contribution >= 0.6 is 0 Å². The molecule has 0 saturated heterocycles. The number of hydrogen-bond acceptors (Lipinski definition) is 4. The SMILES string of the molecule is NCC(=O)OC1(CNC(=O)c2ccccc2)CC1. The first kappa shape index (κ1) is 12.6. The summed E-state index contributed by atoms with van der Waals surface area (Å²) in [4.78, 5) is 22.9. The van der Waals surface area contributed by atoms with Gasteiger partial charge in [0.05, 0.1) is 13.1 Å². The summed E-state index contributed by atoms with van der Waals surface area (Å²) < 4.78 is 5.21. The van der Waals surface area contributed by atoms with E-state index in [0.29, 0.717) is 12.1 Å². The number of carbonyl (C=O) groups excluding carboxylic acids is 2. The van der Waals surface area contributed by atoms with Crippen molar-refractivity contribution in [1.29, 1.82) is 0 Å². The molecule has 2 rings (SSSR count). The predicted molar refractivity (Wildman–Crippen MR) is 65.9 cm³/mol. The largest absolute Gasteiger partial charge is 0.456 e. The summed E-state index contributed by atoms with van der Waals surface area (Å²) in [6.45, 7) is 0.209. The predicted octanol–water partition coefficient (Wildman–Crippen LogP) is 0.451. The number of rotatable bonds is 5. The Morgan fingerprint density at radius 3 is 2.50 bits per heavy atom. The zero-order valence-corrected chi connectivity index (χ0v) is 10.0.